The van der Waals surface area contributed by atoms with Crippen LogP contribution in [0, 0.1) is 6.92 Å². The van der Waals surface area contributed by atoms with Crippen LogP contribution in [0.15, 0.2) is 29.2 Å². The van der Waals surface area contributed by atoms with E-state index in [1.807, 2.05) is 10.8 Å². The Morgan fingerprint density at radius 2 is 2.29 bits per heavy atom. The van der Waals surface area contributed by atoms with Gasteiger partial charge in [0.1, 0.15) is 11.5 Å². The molecule has 0 aromatic carbocycles. The Bertz CT molecular complexity index is 457. The maximum absolute atomic E-state index is 5.83. The van der Waals surface area contributed by atoms with Crippen LogP contribution < -0.4 is 5.32 Å². The minimum Gasteiger partial charge on any atom is -0.463 e. The number of hydrogen-bond acceptors (Lipinski definition) is 3. The molecule has 4 heteroatoms. The molecule has 4 nitrogen and oxygen atoms in total. The summed E-state index contributed by atoms with van der Waals surface area (Å²) in [4.78, 5) is 4.02. The van der Waals surface area contributed by atoms with Gasteiger partial charge in [0.05, 0.1) is 19.4 Å². The molecular formula is C13H19N3O. The second-order valence-corrected chi connectivity index (χ2v) is 4.59. The van der Waals surface area contributed by atoms with Gasteiger partial charge in [-0.25, -0.2) is 4.98 Å². The zero-order chi connectivity index (χ0) is 12.3. The van der Waals surface area contributed by atoms with Crippen molar-refractivity contribution in [2.45, 2.75) is 39.9 Å². The van der Waals surface area contributed by atoms with Gasteiger partial charge in [0, 0.05) is 18.4 Å². The van der Waals surface area contributed by atoms with Gasteiger partial charge in [-0.15, -0.1) is 0 Å². The fourth-order valence-electron chi connectivity index (χ4n) is 1.70. The molecule has 2 aromatic heterocycles. The minimum atomic E-state index is 0.469. The predicted octanol–water partition coefficient (Wildman–Crippen LogP) is 2.33. The molecule has 1 N–H and O–H groups in total. The van der Waals surface area contributed by atoms with Gasteiger partial charge in [-0.2, -0.15) is 0 Å². The van der Waals surface area contributed by atoms with Gasteiger partial charge in [-0.05, 0) is 18.6 Å². The first-order chi connectivity index (χ1) is 8.15. The summed E-state index contributed by atoms with van der Waals surface area (Å²) >= 11 is 0. The summed E-state index contributed by atoms with van der Waals surface area (Å²) in [5.41, 5.74) is 1.20. The zero-order valence-corrected chi connectivity index (χ0v) is 10.6. The quantitative estimate of drug-likeness (QED) is 0.862. The lowest BCUT2D eigenvalue weighted by Crippen LogP contribution is -2.21. The fraction of sp³-hybridized carbons (Fsp3) is 0.462. The maximum Gasteiger partial charge on any atom is 0.124 e. The highest BCUT2D eigenvalue weighted by molar-refractivity contribution is 5.20. The van der Waals surface area contributed by atoms with Gasteiger partial charge in [0.25, 0.3) is 0 Å². The number of furan rings is 1. The molecule has 2 heterocycles. The van der Waals surface area contributed by atoms with E-state index in [2.05, 4.69) is 37.1 Å². The highest BCUT2D eigenvalue weighted by Crippen LogP contribution is 2.15. The molecule has 0 bridgehead atoms. The molecule has 0 aliphatic carbocycles. The van der Waals surface area contributed by atoms with E-state index in [-0.39, 0.29) is 0 Å². The number of nitrogens with zero attached hydrogens (tertiary/aromatic N) is 2. The molecule has 2 aromatic rings. The highest BCUT2D eigenvalue weighted by Gasteiger charge is 2.08. The predicted molar refractivity (Wildman–Crippen MR) is 66.7 cm³/mol. The van der Waals surface area contributed by atoms with E-state index in [1.165, 1.54) is 5.56 Å². The van der Waals surface area contributed by atoms with Crippen LogP contribution in [0.3, 0.4) is 0 Å². The molecule has 92 valence electrons. The van der Waals surface area contributed by atoms with Crippen molar-refractivity contribution in [1.29, 1.82) is 0 Å². The van der Waals surface area contributed by atoms with Gasteiger partial charge in [-0.3, -0.25) is 0 Å². The van der Waals surface area contributed by atoms with Crippen molar-refractivity contribution in [3.05, 3.63) is 41.9 Å². The third-order valence-electron chi connectivity index (χ3n) is 2.64. The molecule has 0 aliphatic rings. The summed E-state index contributed by atoms with van der Waals surface area (Å²) in [6.07, 6.45) is 5.50. The Balaban J connectivity index is 2.02. The number of hydrogen-bond donors (Lipinski definition) is 1. The molecule has 0 unspecified atom stereocenters. The molecule has 0 radical (unpaired) electrons. The largest absolute Gasteiger partial charge is 0.463 e. The van der Waals surface area contributed by atoms with Crippen molar-refractivity contribution in [3.63, 3.8) is 0 Å². The average molecular weight is 233 g/mol. The summed E-state index contributed by atoms with van der Waals surface area (Å²) in [6.45, 7) is 7.86. The van der Waals surface area contributed by atoms with E-state index in [4.69, 9.17) is 4.42 Å². The normalized spacial score (nSPS) is 11.3. The molecule has 0 saturated heterocycles. The van der Waals surface area contributed by atoms with Crippen LogP contribution in [0.25, 0.3) is 0 Å². The highest BCUT2D eigenvalue weighted by atomic mass is 16.3. The van der Waals surface area contributed by atoms with Gasteiger partial charge >= 0.3 is 0 Å². The van der Waals surface area contributed by atoms with Crippen molar-refractivity contribution >= 4 is 0 Å². The Morgan fingerprint density at radius 1 is 1.47 bits per heavy atom. The smallest absolute Gasteiger partial charge is 0.124 e. The van der Waals surface area contributed by atoms with E-state index >= 15 is 0 Å². The fourth-order valence-corrected chi connectivity index (χ4v) is 1.70. The van der Waals surface area contributed by atoms with Crippen molar-refractivity contribution in [2.75, 3.05) is 0 Å². The first-order valence-corrected chi connectivity index (χ1v) is 5.92. The molecule has 0 fully saturated rings. The Morgan fingerprint density at radius 3 is 2.94 bits per heavy atom. The number of aromatic nitrogens is 2. The van der Waals surface area contributed by atoms with Crippen LogP contribution in [0.5, 0.6) is 0 Å². The lowest BCUT2D eigenvalue weighted by atomic mass is 10.2. The van der Waals surface area contributed by atoms with E-state index in [9.17, 15) is 0 Å². The van der Waals surface area contributed by atoms with E-state index in [0.717, 1.165) is 24.6 Å². The SMILES string of the molecule is Cc1cc(Cn2ccnc2)oc1CNC(C)C. The Hall–Kier alpha value is -1.55. The molecule has 17 heavy (non-hydrogen) atoms. The molecule has 0 amide bonds. The van der Waals surface area contributed by atoms with E-state index < -0.39 is 0 Å². The molecule has 2 rings (SSSR count). The number of aryl methyl sites for hydroxylation is 1. The standard InChI is InChI=1S/C13H19N3O/c1-10(2)15-7-13-11(3)6-12(17-13)8-16-5-4-14-9-16/h4-6,9-10,15H,7-8H2,1-3H3. The van der Waals surface area contributed by atoms with E-state index in [0.29, 0.717) is 6.04 Å². The average Bonchev–Trinajstić information content (AvgIpc) is 2.86. The third kappa shape index (κ3) is 3.20. The van der Waals surface area contributed by atoms with Crippen LogP contribution in [-0.2, 0) is 13.1 Å². The van der Waals surface area contributed by atoms with Crippen LogP contribution in [0.1, 0.15) is 30.9 Å². The summed E-state index contributed by atoms with van der Waals surface area (Å²) in [5, 5.41) is 3.36. The maximum atomic E-state index is 5.83. The summed E-state index contributed by atoms with van der Waals surface area (Å²) in [7, 11) is 0. The van der Waals surface area contributed by atoms with Crippen LogP contribution in [-0.4, -0.2) is 15.6 Å². The number of imidazole rings is 1. The third-order valence-corrected chi connectivity index (χ3v) is 2.64. The molecular weight excluding hydrogens is 214 g/mol. The van der Waals surface area contributed by atoms with Crippen molar-refractivity contribution in [1.82, 2.24) is 14.9 Å². The summed E-state index contributed by atoms with van der Waals surface area (Å²) < 4.78 is 7.82. The Kier molecular flexibility index (Phi) is 3.64. The molecule has 0 saturated carbocycles. The number of nitrogens with one attached hydrogen (secondary N) is 1. The summed E-state index contributed by atoms with van der Waals surface area (Å²) in [6, 6.07) is 2.56. The summed E-state index contributed by atoms with van der Waals surface area (Å²) in [5.74, 6) is 2.00. The Labute approximate surface area is 102 Å². The second kappa shape index (κ2) is 5.19. The number of rotatable bonds is 5. The van der Waals surface area contributed by atoms with Crippen LogP contribution >= 0.6 is 0 Å². The van der Waals surface area contributed by atoms with Crippen LogP contribution in [0.4, 0.5) is 0 Å². The first kappa shape index (κ1) is 11.9. The topological polar surface area (TPSA) is 43.0 Å². The molecule has 0 aliphatic heterocycles. The second-order valence-electron chi connectivity index (χ2n) is 4.59. The van der Waals surface area contributed by atoms with Crippen molar-refractivity contribution < 1.29 is 4.42 Å². The van der Waals surface area contributed by atoms with Gasteiger partial charge in [0.15, 0.2) is 0 Å². The minimum absolute atomic E-state index is 0.469. The van der Waals surface area contributed by atoms with Crippen molar-refractivity contribution in [2.24, 2.45) is 0 Å². The monoisotopic (exact) mass is 233 g/mol. The zero-order valence-electron chi connectivity index (χ0n) is 10.6. The van der Waals surface area contributed by atoms with E-state index in [1.54, 1.807) is 12.5 Å². The lowest BCUT2D eigenvalue weighted by Gasteiger charge is -2.06. The van der Waals surface area contributed by atoms with Gasteiger partial charge < -0.3 is 14.3 Å². The van der Waals surface area contributed by atoms with Crippen LogP contribution in [0.2, 0.25) is 0 Å². The van der Waals surface area contributed by atoms with Crippen molar-refractivity contribution in [3.8, 4) is 0 Å². The molecule has 0 spiro atoms. The van der Waals surface area contributed by atoms with Gasteiger partial charge in [-0.1, -0.05) is 13.8 Å². The van der Waals surface area contributed by atoms with Gasteiger partial charge in [0.2, 0.25) is 0 Å². The lowest BCUT2D eigenvalue weighted by molar-refractivity contribution is 0.425. The first-order valence-electron chi connectivity index (χ1n) is 5.92. The molecule has 0 atom stereocenters.